The summed E-state index contributed by atoms with van der Waals surface area (Å²) in [6, 6.07) is 6.10. The van der Waals surface area contributed by atoms with Crippen LogP contribution in [0, 0.1) is 0 Å². The van der Waals surface area contributed by atoms with Crippen molar-refractivity contribution in [3.8, 4) is 5.75 Å². The summed E-state index contributed by atoms with van der Waals surface area (Å²) in [7, 11) is 1.66. The van der Waals surface area contributed by atoms with E-state index in [-0.39, 0.29) is 0 Å². The van der Waals surface area contributed by atoms with Crippen LogP contribution >= 0.6 is 0 Å². The summed E-state index contributed by atoms with van der Waals surface area (Å²) < 4.78 is 10.5. The lowest BCUT2D eigenvalue weighted by atomic mass is 10.1. The van der Waals surface area contributed by atoms with Crippen LogP contribution in [0.3, 0.4) is 0 Å². The van der Waals surface area contributed by atoms with Gasteiger partial charge in [0.15, 0.2) is 11.3 Å². The molecular formula is C11H12O2. The normalized spacial score (nSPS) is 10.6. The second-order valence-electron chi connectivity index (χ2n) is 2.99. The Labute approximate surface area is 77.1 Å². The number of methoxy groups -OCH3 is 1. The van der Waals surface area contributed by atoms with Crippen molar-refractivity contribution < 1.29 is 9.15 Å². The Bertz CT molecular complexity index is 415. The van der Waals surface area contributed by atoms with Crippen LogP contribution in [0.1, 0.15) is 12.5 Å². The van der Waals surface area contributed by atoms with Gasteiger partial charge >= 0.3 is 0 Å². The van der Waals surface area contributed by atoms with Crippen LogP contribution in [0.4, 0.5) is 0 Å². The number of hydrogen-bond acceptors (Lipinski definition) is 2. The maximum Gasteiger partial charge on any atom is 0.175 e. The number of aryl methyl sites for hydroxylation is 1. The van der Waals surface area contributed by atoms with Gasteiger partial charge in [0, 0.05) is 5.39 Å². The van der Waals surface area contributed by atoms with E-state index in [9.17, 15) is 0 Å². The summed E-state index contributed by atoms with van der Waals surface area (Å²) >= 11 is 0. The van der Waals surface area contributed by atoms with Gasteiger partial charge in [0.05, 0.1) is 13.4 Å². The first-order chi connectivity index (χ1) is 6.35. The zero-order valence-electron chi connectivity index (χ0n) is 7.83. The molecule has 0 bridgehead atoms. The lowest BCUT2D eigenvalue weighted by Gasteiger charge is -2.03. The van der Waals surface area contributed by atoms with Crippen LogP contribution < -0.4 is 4.74 Å². The molecule has 1 aromatic carbocycles. The molecule has 0 atom stereocenters. The largest absolute Gasteiger partial charge is 0.493 e. The predicted octanol–water partition coefficient (Wildman–Crippen LogP) is 3.00. The zero-order valence-corrected chi connectivity index (χ0v) is 7.83. The van der Waals surface area contributed by atoms with Crippen molar-refractivity contribution >= 4 is 11.0 Å². The van der Waals surface area contributed by atoms with Gasteiger partial charge in [-0.05, 0) is 30.2 Å². The van der Waals surface area contributed by atoms with Crippen LogP contribution in [0.25, 0.3) is 11.0 Å². The summed E-state index contributed by atoms with van der Waals surface area (Å²) in [6.45, 7) is 2.13. The molecule has 0 unspecified atom stereocenters. The third-order valence-corrected chi connectivity index (χ3v) is 2.21. The molecule has 2 nitrogen and oxygen atoms in total. The van der Waals surface area contributed by atoms with E-state index in [4.69, 9.17) is 9.15 Å². The first-order valence-corrected chi connectivity index (χ1v) is 4.39. The van der Waals surface area contributed by atoms with E-state index < -0.39 is 0 Å². The monoisotopic (exact) mass is 176 g/mol. The Hall–Kier alpha value is -1.44. The SMILES string of the molecule is CCc1cc(OC)c2occc2c1. The molecule has 0 fully saturated rings. The Kier molecular flexibility index (Phi) is 1.97. The Morgan fingerprint density at radius 1 is 1.38 bits per heavy atom. The van der Waals surface area contributed by atoms with Crippen LogP contribution in [0.15, 0.2) is 28.9 Å². The molecule has 0 amide bonds. The number of fused-ring (bicyclic) bond motifs is 1. The van der Waals surface area contributed by atoms with Gasteiger partial charge in [-0.3, -0.25) is 0 Å². The summed E-state index contributed by atoms with van der Waals surface area (Å²) in [5, 5.41) is 1.11. The van der Waals surface area contributed by atoms with Crippen molar-refractivity contribution in [3.63, 3.8) is 0 Å². The highest BCUT2D eigenvalue weighted by molar-refractivity contribution is 5.83. The molecule has 1 heterocycles. The fourth-order valence-electron chi connectivity index (χ4n) is 1.46. The fourth-order valence-corrected chi connectivity index (χ4v) is 1.46. The Morgan fingerprint density at radius 2 is 2.23 bits per heavy atom. The van der Waals surface area contributed by atoms with Crippen molar-refractivity contribution in [2.45, 2.75) is 13.3 Å². The molecule has 2 heteroatoms. The first kappa shape index (κ1) is 8.17. The van der Waals surface area contributed by atoms with Crippen LogP contribution in [-0.4, -0.2) is 7.11 Å². The standard InChI is InChI=1S/C11H12O2/c1-3-8-6-9-4-5-13-11(9)10(7-8)12-2/h4-7H,3H2,1-2H3. The van der Waals surface area contributed by atoms with E-state index in [1.54, 1.807) is 13.4 Å². The van der Waals surface area contributed by atoms with E-state index >= 15 is 0 Å². The van der Waals surface area contributed by atoms with Crippen molar-refractivity contribution in [1.82, 2.24) is 0 Å². The highest BCUT2D eigenvalue weighted by Gasteiger charge is 2.05. The van der Waals surface area contributed by atoms with Gasteiger partial charge < -0.3 is 9.15 Å². The van der Waals surface area contributed by atoms with Crippen molar-refractivity contribution in [1.29, 1.82) is 0 Å². The van der Waals surface area contributed by atoms with Crippen molar-refractivity contribution in [2.75, 3.05) is 7.11 Å². The third kappa shape index (κ3) is 1.28. The summed E-state index contributed by atoms with van der Waals surface area (Å²) in [4.78, 5) is 0. The smallest absolute Gasteiger partial charge is 0.175 e. The molecule has 0 aliphatic heterocycles. The zero-order chi connectivity index (χ0) is 9.26. The minimum Gasteiger partial charge on any atom is -0.493 e. The van der Waals surface area contributed by atoms with Crippen LogP contribution in [-0.2, 0) is 6.42 Å². The van der Waals surface area contributed by atoms with E-state index in [2.05, 4.69) is 13.0 Å². The van der Waals surface area contributed by atoms with Gasteiger partial charge in [-0.2, -0.15) is 0 Å². The number of ether oxygens (including phenoxy) is 1. The van der Waals surface area contributed by atoms with Gasteiger partial charge in [0.2, 0.25) is 0 Å². The van der Waals surface area contributed by atoms with Crippen LogP contribution in [0.2, 0.25) is 0 Å². The van der Waals surface area contributed by atoms with Gasteiger partial charge in [-0.1, -0.05) is 6.92 Å². The second kappa shape index (κ2) is 3.13. The molecule has 0 saturated heterocycles. The molecule has 1 aromatic heterocycles. The minimum atomic E-state index is 0.819. The first-order valence-electron chi connectivity index (χ1n) is 4.39. The number of rotatable bonds is 2. The van der Waals surface area contributed by atoms with E-state index in [0.717, 1.165) is 23.1 Å². The molecule has 0 N–H and O–H groups in total. The average Bonchev–Trinajstić information content (AvgIpc) is 2.63. The van der Waals surface area contributed by atoms with E-state index in [1.165, 1.54) is 5.56 Å². The maximum absolute atomic E-state index is 5.31. The van der Waals surface area contributed by atoms with Gasteiger partial charge in [-0.25, -0.2) is 0 Å². The molecule has 2 rings (SSSR count). The number of hydrogen-bond donors (Lipinski definition) is 0. The molecule has 2 aromatic rings. The second-order valence-corrected chi connectivity index (χ2v) is 2.99. The van der Waals surface area contributed by atoms with Crippen molar-refractivity contribution in [2.24, 2.45) is 0 Å². The number of furan rings is 1. The van der Waals surface area contributed by atoms with Gasteiger partial charge in [0.25, 0.3) is 0 Å². The molecule has 0 saturated carbocycles. The van der Waals surface area contributed by atoms with Crippen LogP contribution in [0.5, 0.6) is 5.75 Å². The Balaban J connectivity index is 2.70. The minimum absolute atomic E-state index is 0.819. The number of benzene rings is 1. The lowest BCUT2D eigenvalue weighted by Crippen LogP contribution is -1.86. The molecule has 13 heavy (non-hydrogen) atoms. The van der Waals surface area contributed by atoms with E-state index in [0.29, 0.717) is 0 Å². The topological polar surface area (TPSA) is 22.4 Å². The summed E-state index contributed by atoms with van der Waals surface area (Å²) in [5.74, 6) is 0.819. The average molecular weight is 176 g/mol. The summed E-state index contributed by atoms with van der Waals surface area (Å²) in [5.41, 5.74) is 2.10. The van der Waals surface area contributed by atoms with Gasteiger partial charge in [-0.15, -0.1) is 0 Å². The molecule has 0 aliphatic carbocycles. The van der Waals surface area contributed by atoms with E-state index in [1.807, 2.05) is 12.1 Å². The predicted molar refractivity (Wildman–Crippen MR) is 52.1 cm³/mol. The molecular weight excluding hydrogens is 164 g/mol. The molecule has 68 valence electrons. The Morgan fingerprint density at radius 3 is 2.92 bits per heavy atom. The quantitative estimate of drug-likeness (QED) is 0.701. The highest BCUT2D eigenvalue weighted by atomic mass is 16.5. The fraction of sp³-hybridized carbons (Fsp3) is 0.273. The highest BCUT2D eigenvalue weighted by Crippen LogP contribution is 2.28. The summed E-state index contributed by atoms with van der Waals surface area (Å²) in [6.07, 6.45) is 2.70. The molecule has 0 spiro atoms. The maximum atomic E-state index is 5.31. The van der Waals surface area contributed by atoms with Gasteiger partial charge in [0.1, 0.15) is 0 Å². The lowest BCUT2D eigenvalue weighted by molar-refractivity contribution is 0.410. The molecule has 0 aliphatic rings. The third-order valence-electron chi connectivity index (χ3n) is 2.21. The molecule has 0 radical (unpaired) electrons. The van der Waals surface area contributed by atoms with Crippen molar-refractivity contribution in [3.05, 3.63) is 30.0 Å².